The molecule has 0 saturated heterocycles. The summed E-state index contributed by atoms with van der Waals surface area (Å²) < 4.78 is 0. The number of nitrogens with one attached hydrogen (secondary N) is 1. The molecule has 2 aromatic carbocycles. The van der Waals surface area contributed by atoms with Gasteiger partial charge in [-0.05, 0) is 24.3 Å². The van der Waals surface area contributed by atoms with Crippen LogP contribution in [0.4, 0.5) is 5.69 Å². The van der Waals surface area contributed by atoms with Crippen LogP contribution in [-0.2, 0) is 0 Å². The van der Waals surface area contributed by atoms with Gasteiger partial charge in [0.15, 0.2) is 0 Å². The maximum absolute atomic E-state index is 12.1. The van der Waals surface area contributed by atoms with Crippen LogP contribution in [0, 0.1) is 0 Å². The van der Waals surface area contributed by atoms with Crippen molar-refractivity contribution in [2.75, 3.05) is 5.32 Å². The van der Waals surface area contributed by atoms with Gasteiger partial charge in [-0.3, -0.25) is 4.79 Å². The van der Waals surface area contributed by atoms with Crippen LogP contribution in [-0.4, -0.2) is 17.0 Å². The van der Waals surface area contributed by atoms with E-state index in [1.807, 2.05) is 0 Å². The summed E-state index contributed by atoms with van der Waals surface area (Å²) in [6.07, 6.45) is 0. The quantitative estimate of drug-likeness (QED) is 0.753. The van der Waals surface area contributed by atoms with Crippen molar-refractivity contribution in [3.05, 3.63) is 59.7 Å². The summed E-state index contributed by atoms with van der Waals surface area (Å²) in [6, 6.07) is 13.1. The molecule has 2 aromatic rings. The van der Waals surface area contributed by atoms with Crippen LogP contribution in [0.25, 0.3) is 0 Å². The Morgan fingerprint density at radius 1 is 0.947 bits per heavy atom. The Morgan fingerprint density at radius 3 is 2.16 bits per heavy atom. The van der Waals surface area contributed by atoms with Gasteiger partial charge >= 0.3 is 5.97 Å². The molecule has 0 saturated carbocycles. The molecule has 0 aliphatic heterocycles. The Hall–Kier alpha value is -2.27. The van der Waals surface area contributed by atoms with Gasteiger partial charge in [0, 0.05) is 4.90 Å². The van der Waals surface area contributed by atoms with E-state index in [1.165, 1.54) is 12.1 Å². The van der Waals surface area contributed by atoms with E-state index in [0.717, 1.165) is 0 Å². The number of hydrogen-bond donors (Lipinski definition) is 3. The molecule has 0 aliphatic rings. The zero-order valence-electron chi connectivity index (χ0n) is 9.83. The molecular formula is C14H11NO3S. The lowest BCUT2D eigenvalue weighted by Gasteiger charge is -2.09. The number of carbonyl (C=O) groups is 2. The van der Waals surface area contributed by atoms with Crippen molar-refractivity contribution in [1.82, 2.24) is 0 Å². The van der Waals surface area contributed by atoms with Crippen molar-refractivity contribution < 1.29 is 14.7 Å². The zero-order chi connectivity index (χ0) is 13.8. The van der Waals surface area contributed by atoms with Crippen LogP contribution in [0.15, 0.2) is 53.4 Å². The number of para-hydroxylation sites is 1. The van der Waals surface area contributed by atoms with Gasteiger partial charge in [-0.1, -0.05) is 24.3 Å². The van der Waals surface area contributed by atoms with Gasteiger partial charge in [0.2, 0.25) is 0 Å². The monoisotopic (exact) mass is 273 g/mol. The number of aromatic carboxylic acids is 1. The number of anilines is 1. The second-order valence-electron chi connectivity index (χ2n) is 3.82. The van der Waals surface area contributed by atoms with E-state index < -0.39 is 11.9 Å². The fourth-order valence-electron chi connectivity index (χ4n) is 1.64. The Morgan fingerprint density at radius 2 is 1.53 bits per heavy atom. The van der Waals surface area contributed by atoms with E-state index in [2.05, 4.69) is 17.9 Å². The van der Waals surface area contributed by atoms with Gasteiger partial charge in [-0.2, -0.15) is 0 Å². The summed E-state index contributed by atoms with van der Waals surface area (Å²) in [6.45, 7) is 0. The lowest BCUT2D eigenvalue weighted by molar-refractivity contribution is 0.0692. The summed E-state index contributed by atoms with van der Waals surface area (Å²) in [5, 5.41) is 11.7. The minimum atomic E-state index is -1.13. The Bertz CT molecular complexity index is 640. The van der Waals surface area contributed by atoms with Crippen molar-refractivity contribution in [1.29, 1.82) is 0 Å². The van der Waals surface area contributed by atoms with Gasteiger partial charge in [0.1, 0.15) is 0 Å². The highest BCUT2D eigenvalue weighted by Gasteiger charge is 2.16. The third-order valence-electron chi connectivity index (χ3n) is 2.55. The molecule has 0 fully saturated rings. The summed E-state index contributed by atoms with van der Waals surface area (Å²) in [7, 11) is 0. The molecule has 0 unspecified atom stereocenters. The van der Waals surface area contributed by atoms with Crippen LogP contribution in [0.2, 0.25) is 0 Å². The third-order valence-corrected chi connectivity index (χ3v) is 2.94. The van der Waals surface area contributed by atoms with E-state index in [9.17, 15) is 9.59 Å². The highest BCUT2D eigenvalue weighted by molar-refractivity contribution is 7.80. The molecule has 0 aliphatic carbocycles. The van der Waals surface area contributed by atoms with Gasteiger partial charge in [-0.25, -0.2) is 4.79 Å². The number of hydrogen-bond acceptors (Lipinski definition) is 3. The highest BCUT2D eigenvalue weighted by Crippen LogP contribution is 2.20. The van der Waals surface area contributed by atoms with E-state index >= 15 is 0 Å². The summed E-state index contributed by atoms with van der Waals surface area (Å²) in [5.41, 5.74) is 0.624. The van der Waals surface area contributed by atoms with Crippen molar-refractivity contribution in [2.45, 2.75) is 4.90 Å². The molecule has 1 amide bonds. The Balaban J connectivity index is 2.31. The van der Waals surface area contributed by atoms with Crippen LogP contribution in [0.1, 0.15) is 20.7 Å². The minimum Gasteiger partial charge on any atom is -0.478 e. The van der Waals surface area contributed by atoms with E-state index in [0.29, 0.717) is 10.6 Å². The molecule has 0 radical (unpaired) electrons. The molecule has 0 aromatic heterocycles. The number of carboxylic acids is 1. The molecule has 5 heteroatoms. The van der Waals surface area contributed by atoms with Gasteiger partial charge < -0.3 is 10.4 Å². The largest absolute Gasteiger partial charge is 0.478 e. The summed E-state index contributed by atoms with van der Waals surface area (Å²) in [4.78, 5) is 23.7. The Kier molecular flexibility index (Phi) is 3.87. The topological polar surface area (TPSA) is 66.4 Å². The number of rotatable bonds is 3. The molecule has 0 bridgehead atoms. The molecule has 0 spiro atoms. The SMILES string of the molecule is O=C(O)c1ccccc1C(=O)Nc1ccccc1S. The number of benzene rings is 2. The minimum absolute atomic E-state index is 0.0309. The first kappa shape index (κ1) is 13.2. The maximum Gasteiger partial charge on any atom is 0.336 e. The molecule has 0 atom stereocenters. The predicted octanol–water partition coefficient (Wildman–Crippen LogP) is 2.93. The fourth-order valence-corrected chi connectivity index (χ4v) is 1.85. The van der Waals surface area contributed by atoms with Crippen molar-refractivity contribution in [2.24, 2.45) is 0 Å². The maximum atomic E-state index is 12.1. The second kappa shape index (κ2) is 5.58. The first-order valence-corrected chi connectivity index (χ1v) is 5.96. The molecule has 4 nitrogen and oxygen atoms in total. The van der Waals surface area contributed by atoms with Crippen LogP contribution < -0.4 is 5.32 Å². The molecule has 96 valence electrons. The van der Waals surface area contributed by atoms with Gasteiger partial charge in [0.05, 0.1) is 16.8 Å². The fraction of sp³-hybridized carbons (Fsp3) is 0. The Labute approximate surface area is 115 Å². The molecule has 0 heterocycles. The third kappa shape index (κ3) is 2.95. The summed E-state index contributed by atoms with van der Waals surface area (Å²) >= 11 is 4.22. The van der Waals surface area contributed by atoms with E-state index in [-0.39, 0.29) is 11.1 Å². The first-order valence-electron chi connectivity index (χ1n) is 5.51. The van der Waals surface area contributed by atoms with Crippen molar-refractivity contribution in [3.8, 4) is 0 Å². The highest BCUT2D eigenvalue weighted by atomic mass is 32.1. The average molecular weight is 273 g/mol. The first-order chi connectivity index (χ1) is 9.09. The molecule has 2 N–H and O–H groups in total. The number of carbonyl (C=O) groups excluding carboxylic acids is 1. The van der Waals surface area contributed by atoms with E-state index in [4.69, 9.17) is 5.11 Å². The smallest absolute Gasteiger partial charge is 0.336 e. The molecule has 2 rings (SSSR count). The molecular weight excluding hydrogens is 262 g/mol. The number of thiol groups is 1. The summed E-state index contributed by atoms with van der Waals surface area (Å²) in [5.74, 6) is -1.61. The zero-order valence-corrected chi connectivity index (χ0v) is 10.7. The lowest BCUT2D eigenvalue weighted by atomic mass is 10.1. The van der Waals surface area contributed by atoms with Crippen LogP contribution in [0.3, 0.4) is 0 Å². The van der Waals surface area contributed by atoms with Crippen molar-refractivity contribution >= 4 is 30.2 Å². The number of carboxylic acid groups (broad SMARTS) is 1. The van der Waals surface area contributed by atoms with Crippen LogP contribution >= 0.6 is 12.6 Å². The van der Waals surface area contributed by atoms with Gasteiger partial charge in [-0.15, -0.1) is 12.6 Å². The molecule has 19 heavy (non-hydrogen) atoms. The standard InChI is InChI=1S/C14H11NO3S/c16-13(15-11-7-3-4-8-12(11)19)9-5-1-2-6-10(9)14(17)18/h1-8,19H,(H,15,16)(H,17,18). The van der Waals surface area contributed by atoms with Crippen LogP contribution in [0.5, 0.6) is 0 Å². The number of amides is 1. The predicted molar refractivity (Wildman–Crippen MR) is 75.0 cm³/mol. The second-order valence-corrected chi connectivity index (χ2v) is 4.30. The normalized spacial score (nSPS) is 9.95. The average Bonchev–Trinajstić information content (AvgIpc) is 2.41. The van der Waals surface area contributed by atoms with E-state index in [1.54, 1.807) is 36.4 Å². The van der Waals surface area contributed by atoms with Crippen molar-refractivity contribution in [3.63, 3.8) is 0 Å². The lowest BCUT2D eigenvalue weighted by Crippen LogP contribution is -2.16. The van der Waals surface area contributed by atoms with Gasteiger partial charge in [0.25, 0.3) is 5.91 Å².